The third-order valence-electron chi connectivity index (χ3n) is 0.782. The molecule has 173 valence electrons. The second-order valence-electron chi connectivity index (χ2n) is 3.15. The first-order chi connectivity index (χ1) is 9.66. The van der Waals surface area contributed by atoms with Crippen LogP contribution in [-0.4, -0.2) is 81.1 Å². The van der Waals surface area contributed by atoms with Gasteiger partial charge in [-0.1, -0.05) is 0 Å². The number of rotatable bonds is 3. The Labute approximate surface area is 264 Å². The van der Waals surface area contributed by atoms with Crippen LogP contribution in [0.5, 0.6) is 0 Å². The molecule has 2 atom stereocenters. The molecular weight excluding hydrogens is 692 g/mol. The predicted octanol–water partition coefficient (Wildman–Crippen LogP) is -11.7. The molecule has 30 heavy (non-hydrogen) atoms. The number of aliphatic carboxylic acids is 3. The summed E-state index contributed by atoms with van der Waals surface area (Å²) in [5.74, 6) is -5.03. The molecule has 0 bridgehead atoms. The van der Waals surface area contributed by atoms with Gasteiger partial charge in [0.25, 0.3) is 0 Å². The number of nitrogens with zero attached hydrogens (tertiary/aromatic N) is 1. The number of carbonyl (C=O) groups is 4. The van der Waals surface area contributed by atoms with Crippen molar-refractivity contribution in [2.75, 3.05) is 0 Å². The average molecular weight is 715 g/mol. The number of carboxylic acid groups (broad SMARTS) is 3. The molecule has 0 aliphatic carbocycles. The van der Waals surface area contributed by atoms with Crippen LogP contribution in [0.1, 0.15) is 20.8 Å². The molecule has 17 nitrogen and oxygen atoms in total. The zero-order valence-corrected chi connectivity index (χ0v) is 25.3. The topological polar surface area (TPSA) is 379 Å². The number of ketones is 1. The third-order valence-corrected chi connectivity index (χ3v) is 0.782. The number of aliphatic hydroxyl groups excluding tert-OH is 2. The fourth-order valence-corrected chi connectivity index (χ4v) is 0.258. The van der Waals surface area contributed by atoms with Gasteiger partial charge in [0.15, 0.2) is 0 Å². The number of carbonyl (C=O) groups excluding carboxylic acids is 4. The van der Waals surface area contributed by atoms with E-state index in [-0.39, 0.29) is 152 Å². The van der Waals surface area contributed by atoms with E-state index in [0.29, 0.717) is 0 Å². The van der Waals surface area contributed by atoms with Gasteiger partial charge < -0.3 is 88.7 Å². The fourth-order valence-electron chi connectivity index (χ4n) is 0.258. The maximum atomic E-state index is 9.63. The molecule has 0 heterocycles. The molecule has 0 saturated heterocycles. The summed E-state index contributed by atoms with van der Waals surface area (Å²) < 4.78 is 0. The van der Waals surface area contributed by atoms with Crippen molar-refractivity contribution in [2.24, 2.45) is 0 Å². The first-order valence-electron chi connectivity index (χ1n) is 4.90. The van der Waals surface area contributed by atoms with Gasteiger partial charge in [0.2, 0.25) is 0 Å². The van der Waals surface area contributed by atoms with Crippen molar-refractivity contribution in [1.82, 2.24) is 18.5 Å². The summed E-state index contributed by atoms with van der Waals surface area (Å²) in [7, 11) is 0. The monoisotopic (exact) mass is 714 g/mol. The van der Waals surface area contributed by atoms with Gasteiger partial charge in [-0.2, -0.15) is 0 Å². The Morgan fingerprint density at radius 3 is 0.900 bits per heavy atom. The minimum atomic E-state index is -2.44. The number of hydrogen-bond acceptors (Lipinski definition) is 16. The number of hydrogen-bond donors (Lipinski definition) is 5. The molecule has 0 saturated carbocycles. The molecule has 0 rings (SSSR count). The Morgan fingerprint density at radius 2 is 0.867 bits per heavy atom. The van der Waals surface area contributed by atoms with E-state index >= 15 is 0 Å². The molecule has 0 fully saturated rings. The number of aliphatic hydroxyl groups is 2. The Bertz CT molecular complexity index is 356. The van der Waals surface area contributed by atoms with Gasteiger partial charge in [-0.3, -0.25) is 0 Å². The molecule has 0 spiro atoms. The van der Waals surface area contributed by atoms with E-state index in [9.17, 15) is 24.6 Å². The summed E-state index contributed by atoms with van der Waals surface area (Å²) in [5.41, 5.74) is 0. The molecule has 12 N–H and O–H groups in total. The number of Topliss-reactive ketones (excluding diaryl/α,β-unsaturated/α-hetero) is 1. The summed E-state index contributed by atoms with van der Waals surface area (Å²) >= 11 is 0. The first-order valence-corrected chi connectivity index (χ1v) is 4.90. The van der Waals surface area contributed by atoms with Crippen LogP contribution in [0, 0.1) is 57.1 Å². The first kappa shape index (κ1) is 77.4. The van der Waals surface area contributed by atoms with E-state index in [0.717, 1.165) is 6.92 Å². The normalized spacial score (nSPS) is 7.77. The molecule has 0 aliphatic heterocycles. The van der Waals surface area contributed by atoms with Gasteiger partial charge in [-0.25, -0.2) is 0 Å². The number of halogens is 1. The van der Waals surface area contributed by atoms with E-state index < -0.39 is 35.2 Å². The van der Waals surface area contributed by atoms with Crippen molar-refractivity contribution in [3.63, 3.8) is 0 Å². The van der Waals surface area contributed by atoms with Crippen LogP contribution in [0.2, 0.25) is 0 Å². The molecule has 21 heteroatoms. The predicted molar refractivity (Wildman–Crippen MR) is 82.2 cm³/mol. The second kappa shape index (κ2) is 52.0. The van der Waals surface area contributed by atoms with Crippen LogP contribution < -0.4 is 89.9 Å². The maximum Gasteiger partial charge on any atom is 3.00 e. The molecule has 0 aromatic carbocycles. The Kier molecular flexibility index (Phi) is 134. The van der Waals surface area contributed by atoms with Crippen molar-refractivity contribution in [3.8, 4) is 0 Å². The minimum absolute atomic E-state index is 0. The average Bonchev–Trinajstić information content (AvgIpc) is 2.24. The van der Waals surface area contributed by atoms with Crippen molar-refractivity contribution in [1.29, 1.82) is 0 Å². The Morgan fingerprint density at radius 1 is 0.800 bits per heavy atom. The fraction of sp³-hybridized carbons (Fsp3) is 0.556. The SMILES string of the molecule is CC(=O)[O-].CC(C)=O.N.N.N.O=C([O-])C(O)C(O)C(=O)[O-].O=[N+]([O-])[O-].[Ce+3].[F-].[K+].[OH-].[Sb+3]. The van der Waals surface area contributed by atoms with Gasteiger partial charge in [0, 0.05) is 5.97 Å². The van der Waals surface area contributed by atoms with Crippen molar-refractivity contribution in [2.45, 2.75) is 33.0 Å². The van der Waals surface area contributed by atoms with Crippen molar-refractivity contribution >= 4 is 48.1 Å². The van der Waals surface area contributed by atoms with E-state index in [2.05, 4.69) is 0 Å². The molecule has 3 radical (unpaired) electrons. The Balaban J connectivity index is -0.0000000143. The summed E-state index contributed by atoms with van der Waals surface area (Å²) in [5, 5.41) is 59.4. The van der Waals surface area contributed by atoms with Gasteiger partial charge in [0.1, 0.15) is 18.0 Å². The van der Waals surface area contributed by atoms with E-state index in [4.69, 9.17) is 35.4 Å². The standard InChI is InChI=1S/C4H6O6.C3H6O.C2H4O2.Ce.FH.K.NO3.3H3N.H2O.Sb/c5-1(3(7)8)2(6)4(9)10;1-3(2)4;1-2(3)4;;;;2-1(3)4;;;;;/h1-2,5-6H,(H,7,8)(H,9,10);1-2H3;1H3,(H,3,4);;1H;;;3*1H3;1H2;/q;;;+3;;+1;-1;;;;;+3/p-5. The van der Waals surface area contributed by atoms with Crippen LogP contribution in [-0.2, 0) is 19.2 Å². The summed E-state index contributed by atoms with van der Waals surface area (Å²) in [6.45, 7) is 4.03. The van der Waals surface area contributed by atoms with Crippen LogP contribution in [0.3, 0.4) is 0 Å². The van der Waals surface area contributed by atoms with Gasteiger partial charge >= 0.3 is 118 Å². The second-order valence-corrected chi connectivity index (χ2v) is 3.15. The molecule has 0 aromatic heterocycles. The third kappa shape index (κ3) is 136. The van der Waals surface area contributed by atoms with Crippen LogP contribution in [0.25, 0.3) is 0 Å². The number of carboxylic acids is 3. The zero-order valence-electron chi connectivity index (χ0n) is 16.5. The minimum Gasteiger partial charge on any atom is -1.00 e. The molecule has 0 aromatic rings. The van der Waals surface area contributed by atoms with Crippen molar-refractivity contribution in [3.05, 3.63) is 15.3 Å². The quantitative estimate of drug-likeness (QED) is 0.103. The smallest absolute Gasteiger partial charge is 1.00 e. The summed E-state index contributed by atoms with van der Waals surface area (Å²) in [6.07, 6.45) is -4.88. The van der Waals surface area contributed by atoms with Crippen LogP contribution in [0.4, 0.5) is 0 Å². The van der Waals surface area contributed by atoms with E-state index in [1.807, 2.05) is 0 Å². The van der Waals surface area contributed by atoms with Gasteiger partial charge in [-0.15, -0.1) is 0 Å². The summed E-state index contributed by atoms with van der Waals surface area (Å²) in [4.78, 5) is 45.8. The van der Waals surface area contributed by atoms with E-state index in [1.54, 1.807) is 0 Å². The molecule has 0 aliphatic rings. The van der Waals surface area contributed by atoms with E-state index in [1.165, 1.54) is 13.8 Å². The largest absolute Gasteiger partial charge is 3.00 e. The zero-order chi connectivity index (χ0) is 19.0. The molecule has 2 unspecified atom stereocenters. The van der Waals surface area contributed by atoms with Crippen LogP contribution >= 0.6 is 0 Å². The maximum absolute atomic E-state index is 9.63. The van der Waals surface area contributed by atoms with Crippen LogP contribution in [0.15, 0.2) is 0 Å². The summed E-state index contributed by atoms with van der Waals surface area (Å²) in [6, 6.07) is 0. The Hall–Kier alpha value is 0.801. The van der Waals surface area contributed by atoms with Crippen molar-refractivity contribution < 1.29 is 153 Å². The van der Waals surface area contributed by atoms with Gasteiger partial charge in [-0.05, 0) is 20.8 Å². The van der Waals surface area contributed by atoms with Gasteiger partial charge in [0.05, 0.1) is 17.0 Å². The molecule has 0 amide bonds. The molecular formula is C9H23CeFKN4O13Sb+.